The summed E-state index contributed by atoms with van der Waals surface area (Å²) in [7, 11) is -3.98. The van der Waals surface area contributed by atoms with Gasteiger partial charge in [0.1, 0.15) is 5.56 Å². The maximum atomic E-state index is 12.5. The van der Waals surface area contributed by atoms with Crippen LogP contribution in [-0.4, -0.2) is 31.2 Å². The number of hydrogen-bond donors (Lipinski definition) is 2. The molecule has 118 valence electrons. The van der Waals surface area contributed by atoms with Gasteiger partial charge in [-0.2, -0.15) is 13.5 Å². The van der Waals surface area contributed by atoms with Gasteiger partial charge < -0.3 is 4.74 Å². The summed E-state index contributed by atoms with van der Waals surface area (Å²) < 4.78 is 32.3. The fourth-order valence-corrected chi connectivity index (χ4v) is 3.29. The van der Waals surface area contributed by atoms with E-state index in [1.54, 1.807) is 32.9 Å². The summed E-state index contributed by atoms with van der Waals surface area (Å²) in [6.07, 6.45) is 1.14. The SMILES string of the molecule is CCOC(=O)c1cn[nH]c1S(=O)(=O)Nc1c(C)cccc1C. The fraction of sp³-hybridized carbons (Fsp3) is 0.286. The van der Waals surface area contributed by atoms with E-state index in [4.69, 9.17) is 4.74 Å². The number of ether oxygens (including phenoxy) is 1. The number of nitrogens with zero attached hydrogens (tertiary/aromatic N) is 1. The Balaban J connectivity index is 2.40. The molecule has 0 saturated carbocycles. The van der Waals surface area contributed by atoms with Crippen LogP contribution >= 0.6 is 0 Å². The van der Waals surface area contributed by atoms with E-state index < -0.39 is 16.0 Å². The predicted molar refractivity (Wildman–Crippen MR) is 81.3 cm³/mol. The van der Waals surface area contributed by atoms with Crippen LogP contribution in [0.2, 0.25) is 0 Å². The molecule has 0 atom stereocenters. The molecular weight excluding hydrogens is 306 g/mol. The number of anilines is 1. The Bertz CT molecular complexity index is 776. The Kier molecular flexibility index (Phi) is 4.51. The lowest BCUT2D eigenvalue weighted by molar-refractivity contribution is 0.0522. The molecule has 22 heavy (non-hydrogen) atoms. The van der Waals surface area contributed by atoms with Crippen molar-refractivity contribution >= 4 is 21.7 Å². The second-order valence-corrected chi connectivity index (χ2v) is 6.32. The molecule has 0 fully saturated rings. The van der Waals surface area contributed by atoms with Gasteiger partial charge in [0, 0.05) is 0 Å². The molecule has 0 unspecified atom stereocenters. The highest BCUT2D eigenvalue weighted by Gasteiger charge is 2.26. The standard InChI is InChI=1S/C14H17N3O4S/c1-4-21-14(18)11-8-15-16-13(11)22(19,20)17-12-9(2)6-5-7-10(12)3/h5-8,17H,4H2,1-3H3,(H,15,16). The van der Waals surface area contributed by atoms with Gasteiger partial charge in [-0.05, 0) is 31.9 Å². The lowest BCUT2D eigenvalue weighted by atomic mass is 10.1. The molecule has 2 rings (SSSR count). The molecule has 8 heteroatoms. The Labute approximate surface area is 128 Å². The first-order chi connectivity index (χ1) is 10.4. The maximum Gasteiger partial charge on any atom is 0.342 e. The summed E-state index contributed by atoms with van der Waals surface area (Å²) in [5.74, 6) is -0.738. The second kappa shape index (κ2) is 6.18. The van der Waals surface area contributed by atoms with Gasteiger partial charge in [0.2, 0.25) is 0 Å². The van der Waals surface area contributed by atoms with E-state index in [0.29, 0.717) is 5.69 Å². The fourth-order valence-electron chi connectivity index (χ4n) is 1.99. The first kappa shape index (κ1) is 16.0. The minimum atomic E-state index is -3.98. The number of benzene rings is 1. The van der Waals surface area contributed by atoms with Gasteiger partial charge in [-0.1, -0.05) is 18.2 Å². The summed E-state index contributed by atoms with van der Waals surface area (Å²) in [5.41, 5.74) is 1.91. The van der Waals surface area contributed by atoms with Crippen molar-refractivity contribution in [2.45, 2.75) is 25.8 Å². The zero-order valence-electron chi connectivity index (χ0n) is 12.5. The molecule has 0 bridgehead atoms. The maximum absolute atomic E-state index is 12.5. The second-order valence-electron chi connectivity index (χ2n) is 4.71. The monoisotopic (exact) mass is 323 g/mol. The Hall–Kier alpha value is -2.35. The van der Waals surface area contributed by atoms with Crippen LogP contribution in [0.4, 0.5) is 5.69 Å². The lowest BCUT2D eigenvalue weighted by Crippen LogP contribution is -2.18. The number of esters is 1. The molecule has 0 aliphatic carbocycles. The highest BCUT2D eigenvalue weighted by molar-refractivity contribution is 7.92. The van der Waals surface area contributed by atoms with Crippen LogP contribution in [0.5, 0.6) is 0 Å². The number of aryl methyl sites for hydroxylation is 2. The number of carbonyl (C=O) groups is 1. The smallest absolute Gasteiger partial charge is 0.342 e. The van der Waals surface area contributed by atoms with Crippen LogP contribution in [0.25, 0.3) is 0 Å². The summed E-state index contributed by atoms with van der Waals surface area (Å²) in [5, 5.41) is 5.66. The van der Waals surface area contributed by atoms with Crippen LogP contribution in [0.3, 0.4) is 0 Å². The zero-order chi connectivity index (χ0) is 16.3. The van der Waals surface area contributed by atoms with E-state index in [9.17, 15) is 13.2 Å². The van der Waals surface area contributed by atoms with E-state index in [0.717, 1.165) is 17.3 Å². The van der Waals surface area contributed by atoms with Gasteiger partial charge in [0.05, 0.1) is 18.5 Å². The van der Waals surface area contributed by atoms with Crippen LogP contribution in [0.1, 0.15) is 28.4 Å². The molecule has 0 aliphatic heterocycles. The number of aromatic amines is 1. The predicted octanol–water partition coefficient (Wildman–Crippen LogP) is 2.00. The van der Waals surface area contributed by atoms with Crippen molar-refractivity contribution in [2.24, 2.45) is 0 Å². The van der Waals surface area contributed by atoms with Crippen LogP contribution in [0, 0.1) is 13.8 Å². The van der Waals surface area contributed by atoms with Crippen LogP contribution in [0.15, 0.2) is 29.4 Å². The van der Waals surface area contributed by atoms with Crippen LogP contribution in [-0.2, 0) is 14.8 Å². The average Bonchev–Trinajstić information content (AvgIpc) is 2.94. The molecule has 0 spiro atoms. The topological polar surface area (TPSA) is 101 Å². The molecule has 0 aliphatic rings. The average molecular weight is 323 g/mol. The Morgan fingerprint density at radius 2 is 1.95 bits per heavy atom. The van der Waals surface area contributed by atoms with Gasteiger partial charge in [-0.3, -0.25) is 9.82 Å². The first-order valence-electron chi connectivity index (χ1n) is 6.66. The number of aromatic nitrogens is 2. The highest BCUT2D eigenvalue weighted by Crippen LogP contribution is 2.24. The number of para-hydroxylation sites is 1. The van der Waals surface area contributed by atoms with Crippen molar-refractivity contribution in [1.29, 1.82) is 0 Å². The van der Waals surface area contributed by atoms with E-state index >= 15 is 0 Å². The molecule has 2 N–H and O–H groups in total. The van der Waals surface area contributed by atoms with Gasteiger partial charge in [-0.15, -0.1) is 0 Å². The Morgan fingerprint density at radius 1 is 1.32 bits per heavy atom. The number of nitrogens with one attached hydrogen (secondary N) is 2. The molecule has 2 aromatic rings. The van der Waals surface area contributed by atoms with Crippen molar-refractivity contribution in [3.05, 3.63) is 41.1 Å². The summed E-state index contributed by atoms with van der Waals surface area (Å²) >= 11 is 0. The summed E-state index contributed by atoms with van der Waals surface area (Å²) in [6.45, 7) is 5.38. The molecule has 0 saturated heterocycles. The largest absolute Gasteiger partial charge is 0.462 e. The van der Waals surface area contributed by atoms with Gasteiger partial charge in [0.25, 0.3) is 10.0 Å². The van der Waals surface area contributed by atoms with Crippen molar-refractivity contribution in [3.63, 3.8) is 0 Å². The third kappa shape index (κ3) is 3.11. The number of rotatable bonds is 5. The molecular formula is C14H17N3O4S. The normalized spacial score (nSPS) is 11.2. The minimum absolute atomic E-state index is 0.124. The lowest BCUT2D eigenvalue weighted by Gasteiger charge is -2.12. The molecule has 7 nitrogen and oxygen atoms in total. The van der Waals surface area contributed by atoms with Gasteiger partial charge in [0.15, 0.2) is 5.03 Å². The first-order valence-corrected chi connectivity index (χ1v) is 8.14. The molecule has 1 aromatic carbocycles. The van der Waals surface area contributed by atoms with E-state index in [2.05, 4.69) is 14.9 Å². The Morgan fingerprint density at radius 3 is 2.55 bits per heavy atom. The van der Waals surface area contributed by atoms with Crippen molar-refractivity contribution in [1.82, 2.24) is 10.2 Å². The molecule has 0 radical (unpaired) electrons. The molecule has 1 heterocycles. The minimum Gasteiger partial charge on any atom is -0.462 e. The third-order valence-corrected chi connectivity index (χ3v) is 4.41. The van der Waals surface area contributed by atoms with Gasteiger partial charge in [-0.25, -0.2) is 4.79 Å². The third-order valence-electron chi connectivity index (χ3n) is 3.09. The molecule has 1 aromatic heterocycles. The van der Waals surface area contributed by atoms with Crippen molar-refractivity contribution in [3.8, 4) is 0 Å². The number of carbonyl (C=O) groups excluding carboxylic acids is 1. The van der Waals surface area contributed by atoms with E-state index in [1.807, 2.05) is 6.07 Å². The molecule has 0 amide bonds. The van der Waals surface area contributed by atoms with Crippen LogP contribution < -0.4 is 4.72 Å². The number of H-pyrrole nitrogens is 1. The number of sulfonamides is 1. The summed E-state index contributed by atoms with van der Waals surface area (Å²) in [4.78, 5) is 11.8. The zero-order valence-corrected chi connectivity index (χ0v) is 13.3. The number of hydrogen-bond acceptors (Lipinski definition) is 5. The summed E-state index contributed by atoms with van der Waals surface area (Å²) in [6, 6.07) is 5.43. The highest BCUT2D eigenvalue weighted by atomic mass is 32.2. The van der Waals surface area contributed by atoms with Crippen molar-refractivity contribution in [2.75, 3.05) is 11.3 Å². The van der Waals surface area contributed by atoms with E-state index in [1.165, 1.54) is 0 Å². The van der Waals surface area contributed by atoms with E-state index in [-0.39, 0.29) is 17.2 Å². The quantitative estimate of drug-likeness (QED) is 0.820. The van der Waals surface area contributed by atoms with Gasteiger partial charge >= 0.3 is 5.97 Å². The van der Waals surface area contributed by atoms with Crippen molar-refractivity contribution < 1.29 is 17.9 Å².